The maximum absolute atomic E-state index is 12.5. The third kappa shape index (κ3) is 4.68. The predicted molar refractivity (Wildman–Crippen MR) is 111 cm³/mol. The Kier molecular flexibility index (Phi) is 5.96. The van der Waals surface area contributed by atoms with Crippen molar-refractivity contribution in [2.45, 2.75) is 24.5 Å². The Balaban J connectivity index is 1.77. The lowest BCUT2D eigenvalue weighted by Gasteiger charge is -2.05. The highest BCUT2D eigenvalue weighted by atomic mass is 32.2. The van der Waals surface area contributed by atoms with Crippen LogP contribution in [0.3, 0.4) is 0 Å². The number of aryl methyl sites for hydroxylation is 1. The molecule has 0 spiro atoms. The Morgan fingerprint density at radius 1 is 1.18 bits per heavy atom. The van der Waals surface area contributed by atoms with E-state index in [2.05, 4.69) is 15.2 Å². The smallest absolute Gasteiger partial charge is 0.271 e. The molecule has 9 heteroatoms. The largest absolute Gasteiger partial charge is 0.354 e. The van der Waals surface area contributed by atoms with Crippen molar-refractivity contribution in [3.8, 4) is 0 Å². The molecular formula is C19H19N3O4S2. The Labute approximate surface area is 167 Å². The number of para-hydroxylation sites is 1. The van der Waals surface area contributed by atoms with Crippen LogP contribution in [0.5, 0.6) is 0 Å². The van der Waals surface area contributed by atoms with E-state index in [-0.39, 0.29) is 10.1 Å². The molecule has 2 heterocycles. The first-order valence-corrected chi connectivity index (χ1v) is 10.8. The molecule has 0 saturated carbocycles. The van der Waals surface area contributed by atoms with Crippen molar-refractivity contribution < 1.29 is 17.7 Å². The first-order chi connectivity index (χ1) is 13.4. The molecule has 2 aromatic heterocycles. The number of hydrogen-bond acceptors (Lipinski definition) is 6. The molecule has 3 rings (SSSR count). The average Bonchev–Trinajstić information content (AvgIpc) is 3.29. The zero-order valence-electron chi connectivity index (χ0n) is 15.3. The van der Waals surface area contributed by atoms with Crippen LogP contribution >= 0.6 is 11.3 Å². The molecule has 146 valence electrons. The monoisotopic (exact) mass is 417 g/mol. The lowest BCUT2D eigenvalue weighted by atomic mass is 10.2. The molecule has 0 unspecified atom stereocenters. The highest BCUT2D eigenvalue weighted by Crippen LogP contribution is 2.27. The minimum atomic E-state index is -3.66. The van der Waals surface area contributed by atoms with E-state index in [1.54, 1.807) is 62.4 Å². The summed E-state index contributed by atoms with van der Waals surface area (Å²) in [6, 6.07) is 11.9. The lowest BCUT2D eigenvalue weighted by Crippen LogP contribution is -2.11. The maximum atomic E-state index is 12.5. The van der Waals surface area contributed by atoms with Crippen LogP contribution in [0.2, 0.25) is 0 Å². The van der Waals surface area contributed by atoms with E-state index in [4.69, 9.17) is 4.52 Å². The van der Waals surface area contributed by atoms with Gasteiger partial charge in [0.15, 0.2) is 5.76 Å². The van der Waals surface area contributed by atoms with Gasteiger partial charge in [0.25, 0.3) is 10.0 Å². The van der Waals surface area contributed by atoms with E-state index >= 15 is 0 Å². The Morgan fingerprint density at radius 3 is 2.64 bits per heavy atom. The molecule has 0 atom stereocenters. The fourth-order valence-corrected chi connectivity index (χ4v) is 4.61. The molecule has 0 fully saturated rings. The van der Waals surface area contributed by atoms with Crippen LogP contribution < -0.4 is 10.0 Å². The van der Waals surface area contributed by atoms with Gasteiger partial charge >= 0.3 is 0 Å². The van der Waals surface area contributed by atoms with Crippen LogP contribution in [0, 0.1) is 6.92 Å². The van der Waals surface area contributed by atoms with E-state index in [1.807, 2.05) is 6.07 Å². The fourth-order valence-electron chi connectivity index (χ4n) is 2.32. The lowest BCUT2D eigenvalue weighted by molar-refractivity contribution is -0.115. The van der Waals surface area contributed by atoms with E-state index in [0.29, 0.717) is 29.2 Å². The van der Waals surface area contributed by atoms with Gasteiger partial charge in [0.2, 0.25) is 5.91 Å². The number of nitrogens with one attached hydrogen (secondary N) is 2. The molecule has 28 heavy (non-hydrogen) atoms. The molecule has 0 bridgehead atoms. The summed E-state index contributed by atoms with van der Waals surface area (Å²) in [4.78, 5) is 12.4. The van der Waals surface area contributed by atoms with Crippen LogP contribution in [0.4, 0.5) is 11.4 Å². The van der Waals surface area contributed by atoms with Gasteiger partial charge in [-0.15, -0.1) is 11.3 Å². The molecule has 0 saturated heterocycles. The number of thiophene rings is 1. The molecule has 0 aliphatic rings. The van der Waals surface area contributed by atoms with Gasteiger partial charge in [-0.3, -0.25) is 9.52 Å². The minimum absolute atomic E-state index is 0.141. The number of sulfonamides is 1. The molecule has 0 aliphatic heterocycles. The topological polar surface area (TPSA) is 101 Å². The third-order valence-electron chi connectivity index (χ3n) is 3.77. The van der Waals surface area contributed by atoms with E-state index < -0.39 is 10.0 Å². The molecule has 3 aromatic rings. The number of benzene rings is 1. The molecule has 0 aliphatic carbocycles. The number of aromatic nitrogens is 1. The fraction of sp³-hybridized carbons (Fsp3) is 0.158. The van der Waals surface area contributed by atoms with Crippen LogP contribution in [0.15, 0.2) is 51.2 Å². The van der Waals surface area contributed by atoms with Gasteiger partial charge in [0.05, 0.1) is 0 Å². The average molecular weight is 418 g/mol. The SMILES string of the molecule is CCC(=O)Nc1c(C)noc1/C=C/c1ccc(S(=O)(=O)Nc2ccccc2)s1. The van der Waals surface area contributed by atoms with Crippen molar-refractivity contribution in [2.24, 2.45) is 0 Å². The van der Waals surface area contributed by atoms with E-state index in [1.165, 1.54) is 0 Å². The van der Waals surface area contributed by atoms with Crippen LogP contribution in [-0.2, 0) is 14.8 Å². The van der Waals surface area contributed by atoms with Gasteiger partial charge in [-0.25, -0.2) is 8.42 Å². The Bertz CT molecular complexity index is 1100. The molecule has 1 amide bonds. The van der Waals surface area contributed by atoms with Crippen LogP contribution in [0.1, 0.15) is 29.7 Å². The number of hydrogen-bond donors (Lipinski definition) is 2. The maximum Gasteiger partial charge on any atom is 0.271 e. The highest BCUT2D eigenvalue weighted by molar-refractivity contribution is 7.94. The number of carbonyl (C=O) groups is 1. The zero-order chi connectivity index (χ0) is 20.1. The van der Waals surface area contributed by atoms with E-state index in [0.717, 1.165) is 16.2 Å². The highest BCUT2D eigenvalue weighted by Gasteiger charge is 2.17. The molecule has 0 radical (unpaired) electrons. The molecule has 1 aromatic carbocycles. The first-order valence-electron chi connectivity index (χ1n) is 8.51. The van der Waals surface area contributed by atoms with Gasteiger partial charge in [-0.1, -0.05) is 30.3 Å². The normalized spacial score (nSPS) is 11.6. The summed E-state index contributed by atoms with van der Waals surface area (Å²) in [6.07, 6.45) is 3.71. The quantitative estimate of drug-likeness (QED) is 0.595. The second-order valence-corrected chi connectivity index (χ2v) is 8.90. The van der Waals surface area contributed by atoms with Crippen molar-refractivity contribution in [2.75, 3.05) is 10.0 Å². The second-order valence-electron chi connectivity index (χ2n) is 5.87. The standard InChI is InChI=1S/C19H19N3O4S2/c1-3-17(23)20-19-13(2)21-26-16(19)11-9-15-10-12-18(27-15)28(24,25)22-14-7-5-4-6-8-14/h4-12,22H,3H2,1-2H3,(H,20,23)/b11-9+. The van der Waals surface area contributed by atoms with Crippen molar-refractivity contribution >= 4 is 50.8 Å². The predicted octanol–water partition coefficient (Wildman–Crippen LogP) is 4.36. The van der Waals surface area contributed by atoms with E-state index in [9.17, 15) is 13.2 Å². The summed E-state index contributed by atoms with van der Waals surface area (Å²) in [5.74, 6) is 0.261. The zero-order valence-corrected chi connectivity index (χ0v) is 16.9. The second kappa shape index (κ2) is 8.41. The summed E-state index contributed by atoms with van der Waals surface area (Å²) >= 11 is 1.12. The number of anilines is 2. The van der Waals surface area contributed by atoms with Crippen molar-refractivity contribution in [3.63, 3.8) is 0 Å². The van der Waals surface area contributed by atoms with Crippen molar-refractivity contribution in [1.29, 1.82) is 0 Å². The number of rotatable bonds is 7. The van der Waals surface area contributed by atoms with Crippen molar-refractivity contribution in [1.82, 2.24) is 5.16 Å². The Hall–Kier alpha value is -2.91. The van der Waals surface area contributed by atoms with Gasteiger partial charge in [-0.2, -0.15) is 0 Å². The van der Waals surface area contributed by atoms with Gasteiger partial charge in [-0.05, 0) is 43.3 Å². The van der Waals surface area contributed by atoms with Crippen molar-refractivity contribution in [3.05, 3.63) is 58.8 Å². The number of nitrogens with zero attached hydrogens (tertiary/aromatic N) is 1. The van der Waals surface area contributed by atoms with Crippen LogP contribution in [0.25, 0.3) is 12.2 Å². The molecular weight excluding hydrogens is 398 g/mol. The summed E-state index contributed by atoms with van der Waals surface area (Å²) in [5, 5.41) is 6.62. The summed E-state index contributed by atoms with van der Waals surface area (Å²) < 4.78 is 33.0. The number of amides is 1. The third-order valence-corrected chi connectivity index (χ3v) is 6.69. The first kappa shape index (κ1) is 19.8. The van der Waals surface area contributed by atoms with Gasteiger partial charge in [0, 0.05) is 17.0 Å². The molecule has 7 nitrogen and oxygen atoms in total. The summed E-state index contributed by atoms with van der Waals surface area (Å²) in [6.45, 7) is 3.49. The van der Waals surface area contributed by atoms with Gasteiger partial charge in [0.1, 0.15) is 15.6 Å². The number of carbonyl (C=O) groups excluding carboxylic acids is 1. The Morgan fingerprint density at radius 2 is 1.93 bits per heavy atom. The minimum Gasteiger partial charge on any atom is -0.354 e. The summed E-state index contributed by atoms with van der Waals surface area (Å²) in [7, 11) is -3.66. The molecule has 2 N–H and O–H groups in total. The van der Waals surface area contributed by atoms with Gasteiger partial charge < -0.3 is 9.84 Å². The van der Waals surface area contributed by atoms with Crippen LogP contribution in [-0.4, -0.2) is 19.5 Å². The summed E-state index contributed by atoms with van der Waals surface area (Å²) in [5.41, 5.74) is 1.59.